The van der Waals surface area contributed by atoms with E-state index in [9.17, 15) is 19.5 Å². The third-order valence-corrected chi connectivity index (χ3v) is 6.99. The predicted octanol–water partition coefficient (Wildman–Crippen LogP) is 4.96. The van der Waals surface area contributed by atoms with Crippen molar-refractivity contribution < 1.29 is 29.0 Å². The minimum atomic E-state index is -1.04. The van der Waals surface area contributed by atoms with Crippen molar-refractivity contribution in [1.82, 2.24) is 10.2 Å². The minimum absolute atomic E-state index is 0.0168. The molecule has 4 atom stereocenters. The van der Waals surface area contributed by atoms with Crippen LogP contribution in [-0.2, 0) is 14.3 Å². The molecule has 0 aliphatic heterocycles. The van der Waals surface area contributed by atoms with Crippen LogP contribution in [0.15, 0.2) is 48.5 Å². The third-order valence-electron chi connectivity index (χ3n) is 6.35. The molecule has 0 bridgehead atoms. The SMILES string of the molecule is COc1ccc(NC(=O)C(c2cccc(O)c2)N(C(=O)C(CCSC)NC(=O)OC(C)(C)C)C2CC2C)cc1. The van der Waals surface area contributed by atoms with E-state index < -0.39 is 29.7 Å². The number of hydrogen-bond donors (Lipinski definition) is 3. The number of thioether (sulfide) groups is 1. The van der Waals surface area contributed by atoms with Gasteiger partial charge in [0, 0.05) is 11.7 Å². The number of ether oxygens (including phenoxy) is 2. The van der Waals surface area contributed by atoms with Gasteiger partial charge in [-0.05, 0) is 93.5 Å². The first kappa shape index (κ1) is 30.1. The summed E-state index contributed by atoms with van der Waals surface area (Å²) in [6, 6.07) is 11.1. The van der Waals surface area contributed by atoms with Gasteiger partial charge in [0.2, 0.25) is 5.91 Å². The second-order valence-electron chi connectivity index (χ2n) is 10.7. The van der Waals surface area contributed by atoms with Crippen LogP contribution >= 0.6 is 11.8 Å². The van der Waals surface area contributed by atoms with Gasteiger partial charge in [-0.2, -0.15) is 11.8 Å². The van der Waals surface area contributed by atoms with Gasteiger partial charge in [0.15, 0.2) is 0 Å². The Hall–Kier alpha value is -3.40. The molecule has 0 spiro atoms. The van der Waals surface area contributed by atoms with Crippen LogP contribution in [0.2, 0.25) is 0 Å². The zero-order valence-electron chi connectivity index (χ0n) is 23.4. The number of phenolic OH excluding ortho intramolecular Hbond substituents is 1. The smallest absolute Gasteiger partial charge is 0.408 e. The topological polar surface area (TPSA) is 117 Å². The molecule has 2 aromatic rings. The number of nitrogens with one attached hydrogen (secondary N) is 2. The molecule has 0 radical (unpaired) electrons. The molecule has 1 aliphatic rings. The van der Waals surface area contributed by atoms with E-state index in [2.05, 4.69) is 10.6 Å². The molecular formula is C29H39N3O6S. The zero-order valence-corrected chi connectivity index (χ0v) is 24.2. The summed E-state index contributed by atoms with van der Waals surface area (Å²) in [6.07, 6.45) is 2.32. The molecule has 0 heterocycles. The van der Waals surface area contributed by atoms with Crippen molar-refractivity contribution in [3.8, 4) is 11.5 Å². The maximum absolute atomic E-state index is 14.2. The molecule has 9 nitrogen and oxygen atoms in total. The van der Waals surface area contributed by atoms with E-state index >= 15 is 0 Å². The number of methoxy groups -OCH3 is 1. The van der Waals surface area contributed by atoms with E-state index in [-0.39, 0.29) is 23.6 Å². The number of anilines is 1. The van der Waals surface area contributed by atoms with Crippen molar-refractivity contribution in [1.29, 1.82) is 0 Å². The van der Waals surface area contributed by atoms with Crippen LogP contribution in [0.4, 0.5) is 10.5 Å². The molecule has 3 amide bonds. The Morgan fingerprint density at radius 1 is 1.15 bits per heavy atom. The molecule has 10 heteroatoms. The average molecular weight is 558 g/mol. The van der Waals surface area contributed by atoms with Gasteiger partial charge >= 0.3 is 6.09 Å². The monoisotopic (exact) mass is 557 g/mol. The summed E-state index contributed by atoms with van der Waals surface area (Å²) < 4.78 is 10.6. The third kappa shape index (κ3) is 8.54. The van der Waals surface area contributed by atoms with Gasteiger partial charge in [0.05, 0.1) is 7.11 Å². The molecule has 212 valence electrons. The fourth-order valence-electron chi connectivity index (χ4n) is 4.31. The zero-order chi connectivity index (χ0) is 28.7. The van der Waals surface area contributed by atoms with Crippen LogP contribution in [0.1, 0.15) is 52.1 Å². The number of carbonyl (C=O) groups is 3. The number of hydrogen-bond acceptors (Lipinski definition) is 7. The van der Waals surface area contributed by atoms with Crippen LogP contribution in [0.25, 0.3) is 0 Å². The molecule has 0 saturated heterocycles. The molecule has 3 rings (SSSR count). The van der Waals surface area contributed by atoms with E-state index in [0.29, 0.717) is 29.2 Å². The van der Waals surface area contributed by atoms with Crippen molar-refractivity contribution >= 4 is 35.4 Å². The molecule has 4 unspecified atom stereocenters. The quantitative estimate of drug-likeness (QED) is 0.357. The van der Waals surface area contributed by atoms with Crippen molar-refractivity contribution in [3.05, 3.63) is 54.1 Å². The van der Waals surface area contributed by atoms with Crippen molar-refractivity contribution in [3.63, 3.8) is 0 Å². The second-order valence-corrected chi connectivity index (χ2v) is 11.7. The first-order valence-electron chi connectivity index (χ1n) is 13.0. The van der Waals surface area contributed by atoms with Crippen LogP contribution in [0.3, 0.4) is 0 Å². The Balaban J connectivity index is 1.99. The summed E-state index contributed by atoms with van der Waals surface area (Å²) in [6.45, 7) is 7.28. The Morgan fingerprint density at radius 3 is 2.36 bits per heavy atom. The number of amides is 3. The van der Waals surface area contributed by atoms with Crippen molar-refractivity contribution in [2.24, 2.45) is 5.92 Å². The summed E-state index contributed by atoms with van der Waals surface area (Å²) in [5, 5.41) is 15.9. The molecule has 1 saturated carbocycles. The number of rotatable bonds is 11. The summed E-state index contributed by atoms with van der Waals surface area (Å²) >= 11 is 1.56. The van der Waals surface area contributed by atoms with E-state index in [1.54, 1.807) is 80.9 Å². The number of carbonyl (C=O) groups excluding carboxylic acids is 3. The summed E-state index contributed by atoms with van der Waals surface area (Å²) in [5.74, 6) is 0.615. The number of phenols is 1. The Bertz CT molecular complexity index is 1150. The molecule has 0 aromatic heterocycles. The number of benzene rings is 2. The maximum atomic E-state index is 14.2. The van der Waals surface area contributed by atoms with E-state index in [4.69, 9.17) is 9.47 Å². The Morgan fingerprint density at radius 2 is 1.82 bits per heavy atom. The first-order valence-corrected chi connectivity index (χ1v) is 14.4. The lowest BCUT2D eigenvalue weighted by Crippen LogP contribution is -2.53. The van der Waals surface area contributed by atoms with E-state index in [1.807, 2.05) is 13.2 Å². The normalized spacial score (nSPS) is 17.9. The highest BCUT2D eigenvalue weighted by Gasteiger charge is 2.48. The summed E-state index contributed by atoms with van der Waals surface area (Å²) in [7, 11) is 1.56. The minimum Gasteiger partial charge on any atom is -0.508 e. The molecule has 1 fully saturated rings. The standard InChI is InChI=1S/C29H39N3O6S/c1-18-16-24(18)32(27(35)23(14-15-39-6)31-28(36)38-29(2,3)4)25(19-8-7-9-21(33)17-19)26(34)30-20-10-12-22(37-5)13-11-20/h7-13,17-18,23-25,33H,14-16H2,1-6H3,(H,30,34)(H,31,36). The van der Waals surface area contributed by atoms with Crippen molar-refractivity contribution in [2.75, 3.05) is 24.4 Å². The van der Waals surface area contributed by atoms with Gasteiger partial charge in [-0.3, -0.25) is 9.59 Å². The van der Waals surface area contributed by atoms with E-state index in [0.717, 1.165) is 6.42 Å². The highest BCUT2D eigenvalue weighted by atomic mass is 32.2. The summed E-state index contributed by atoms with van der Waals surface area (Å²) in [5.41, 5.74) is 0.270. The van der Waals surface area contributed by atoms with Crippen molar-refractivity contribution in [2.45, 2.75) is 64.3 Å². The van der Waals surface area contributed by atoms with E-state index in [1.165, 1.54) is 12.1 Å². The van der Waals surface area contributed by atoms with Crippen LogP contribution < -0.4 is 15.4 Å². The van der Waals surface area contributed by atoms with Gasteiger partial charge < -0.3 is 30.1 Å². The lowest BCUT2D eigenvalue weighted by molar-refractivity contribution is -0.141. The Labute approximate surface area is 234 Å². The van der Waals surface area contributed by atoms with Gasteiger partial charge in [-0.25, -0.2) is 4.79 Å². The van der Waals surface area contributed by atoms with Crippen LogP contribution in [0.5, 0.6) is 11.5 Å². The molecule has 1 aliphatic carbocycles. The highest BCUT2D eigenvalue weighted by molar-refractivity contribution is 7.98. The maximum Gasteiger partial charge on any atom is 0.408 e. The van der Waals surface area contributed by atoms with Gasteiger partial charge in [-0.15, -0.1) is 0 Å². The predicted molar refractivity (Wildman–Crippen MR) is 153 cm³/mol. The van der Waals surface area contributed by atoms with Gasteiger partial charge in [0.1, 0.15) is 29.2 Å². The number of alkyl carbamates (subject to hydrolysis) is 1. The van der Waals surface area contributed by atoms with Crippen LogP contribution in [-0.4, -0.2) is 64.7 Å². The van der Waals surface area contributed by atoms with Gasteiger partial charge in [-0.1, -0.05) is 19.1 Å². The molecule has 39 heavy (non-hydrogen) atoms. The number of nitrogens with zero attached hydrogens (tertiary/aromatic N) is 1. The Kier molecular flexibility index (Phi) is 10.1. The highest BCUT2D eigenvalue weighted by Crippen LogP contribution is 2.41. The molecule has 3 N–H and O–H groups in total. The molecular weight excluding hydrogens is 518 g/mol. The fourth-order valence-corrected chi connectivity index (χ4v) is 4.78. The molecule has 2 aromatic carbocycles. The lowest BCUT2D eigenvalue weighted by Gasteiger charge is -2.35. The second kappa shape index (κ2) is 13.1. The lowest BCUT2D eigenvalue weighted by atomic mass is 10.0. The average Bonchev–Trinajstić information content (AvgIpc) is 3.59. The van der Waals surface area contributed by atoms with Crippen LogP contribution in [0, 0.1) is 5.92 Å². The largest absolute Gasteiger partial charge is 0.508 e. The number of aromatic hydroxyl groups is 1. The first-order chi connectivity index (χ1) is 18.4. The summed E-state index contributed by atoms with van der Waals surface area (Å²) in [4.78, 5) is 42.3. The fraction of sp³-hybridized carbons (Fsp3) is 0.483. The van der Waals surface area contributed by atoms with Gasteiger partial charge in [0.25, 0.3) is 5.91 Å².